The molecule has 3 nitrogen and oxygen atoms in total. The van der Waals surface area contributed by atoms with E-state index in [9.17, 15) is 10.2 Å². The number of rotatable bonds is 0. The van der Waals surface area contributed by atoms with E-state index in [4.69, 9.17) is 5.73 Å². The Kier molecular flexibility index (Phi) is 1.40. The normalized spacial score (nSPS) is 33.4. The maximum absolute atomic E-state index is 9.74. The molecule has 0 unspecified atom stereocenters. The van der Waals surface area contributed by atoms with Crippen molar-refractivity contribution >= 4 is 0 Å². The van der Waals surface area contributed by atoms with E-state index in [-0.39, 0.29) is 17.5 Å². The van der Waals surface area contributed by atoms with Gasteiger partial charge in [0.1, 0.15) is 0 Å². The Morgan fingerprint density at radius 2 is 2.00 bits per heavy atom. The van der Waals surface area contributed by atoms with Gasteiger partial charge in [-0.2, -0.15) is 0 Å². The van der Waals surface area contributed by atoms with Crippen LogP contribution in [0.4, 0.5) is 0 Å². The van der Waals surface area contributed by atoms with Crippen LogP contribution in [0.25, 0.3) is 0 Å². The van der Waals surface area contributed by atoms with Crippen molar-refractivity contribution < 1.29 is 10.2 Å². The summed E-state index contributed by atoms with van der Waals surface area (Å²) < 4.78 is 0. The van der Waals surface area contributed by atoms with E-state index in [1.807, 2.05) is 6.07 Å². The van der Waals surface area contributed by atoms with E-state index in [0.29, 0.717) is 11.8 Å². The molecule has 2 aliphatic carbocycles. The summed E-state index contributed by atoms with van der Waals surface area (Å²) in [6.45, 7) is 0. The summed E-state index contributed by atoms with van der Waals surface area (Å²) in [4.78, 5) is 0. The van der Waals surface area contributed by atoms with Gasteiger partial charge in [-0.1, -0.05) is 6.07 Å². The summed E-state index contributed by atoms with van der Waals surface area (Å²) in [6.07, 6.45) is 1.97. The van der Waals surface area contributed by atoms with Crippen molar-refractivity contribution in [2.75, 3.05) is 0 Å². The van der Waals surface area contributed by atoms with E-state index < -0.39 is 0 Å². The SMILES string of the molecule is N[C@@H]1C[C@@H]2C[C@H]1c1ccc(O)c(O)c12. The molecule has 1 aromatic carbocycles. The van der Waals surface area contributed by atoms with Gasteiger partial charge in [-0.05, 0) is 30.4 Å². The molecule has 3 heteroatoms. The van der Waals surface area contributed by atoms with Crippen molar-refractivity contribution in [2.24, 2.45) is 5.73 Å². The van der Waals surface area contributed by atoms with Gasteiger partial charge in [0.05, 0.1) is 0 Å². The summed E-state index contributed by atoms with van der Waals surface area (Å²) in [5.74, 6) is 0.811. The zero-order chi connectivity index (χ0) is 9.87. The van der Waals surface area contributed by atoms with E-state index in [0.717, 1.165) is 24.0 Å². The van der Waals surface area contributed by atoms with Crippen molar-refractivity contribution in [2.45, 2.75) is 30.7 Å². The Morgan fingerprint density at radius 3 is 2.79 bits per heavy atom. The van der Waals surface area contributed by atoms with Crippen LogP contribution in [0.2, 0.25) is 0 Å². The van der Waals surface area contributed by atoms with Crippen LogP contribution in [-0.4, -0.2) is 16.3 Å². The molecule has 0 amide bonds. The fraction of sp³-hybridized carbons (Fsp3) is 0.455. The van der Waals surface area contributed by atoms with Crippen LogP contribution in [0.5, 0.6) is 11.5 Å². The highest BCUT2D eigenvalue weighted by Gasteiger charge is 2.44. The number of fused-ring (bicyclic) bond motifs is 5. The number of aromatic hydroxyl groups is 2. The number of nitrogens with two attached hydrogens (primary N) is 1. The first-order valence-corrected chi connectivity index (χ1v) is 4.98. The Morgan fingerprint density at radius 1 is 1.21 bits per heavy atom. The molecule has 2 bridgehead atoms. The fourth-order valence-electron chi connectivity index (χ4n) is 3.03. The number of hydrogen-bond acceptors (Lipinski definition) is 3. The quantitative estimate of drug-likeness (QED) is 0.543. The molecule has 0 spiro atoms. The molecule has 1 saturated carbocycles. The second kappa shape index (κ2) is 2.42. The molecule has 0 aromatic heterocycles. The lowest BCUT2D eigenvalue weighted by molar-refractivity contribution is 0.395. The summed E-state index contributed by atoms with van der Waals surface area (Å²) in [6, 6.07) is 3.69. The molecule has 14 heavy (non-hydrogen) atoms. The number of hydrogen-bond donors (Lipinski definition) is 3. The van der Waals surface area contributed by atoms with Gasteiger partial charge in [0.2, 0.25) is 0 Å². The Hall–Kier alpha value is -1.22. The lowest BCUT2D eigenvalue weighted by Crippen LogP contribution is -2.25. The van der Waals surface area contributed by atoms with Gasteiger partial charge in [-0.15, -0.1) is 0 Å². The Balaban J connectivity index is 2.22. The van der Waals surface area contributed by atoms with Crippen molar-refractivity contribution in [1.82, 2.24) is 0 Å². The monoisotopic (exact) mass is 191 g/mol. The zero-order valence-electron chi connectivity index (χ0n) is 7.77. The average molecular weight is 191 g/mol. The predicted molar refractivity (Wildman–Crippen MR) is 52.5 cm³/mol. The van der Waals surface area contributed by atoms with Gasteiger partial charge >= 0.3 is 0 Å². The van der Waals surface area contributed by atoms with E-state index >= 15 is 0 Å². The Labute approximate surface area is 82.2 Å². The standard InChI is InChI=1S/C11H13NO2/c12-8-4-5-3-7(8)6-1-2-9(13)11(14)10(5)6/h1-2,5,7-8,13-14H,3-4,12H2/t5-,7-,8+/m0/s1. The predicted octanol–water partition coefficient (Wildman–Crippen LogP) is 1.40. The molecular formula is C11H13NO2. The van der Waals surface area contributed by atoms with Gasteiger partial charge in [0.25, 0.3) is 0 Å². The highest BCUT2D eigenvalue weighted by atomic mass is 16.3. The van der Waals surface area contributed by atoms with Crippen LogP contribution < -0.4 is 5.73 Å². The first-order chi connectivity index (χ1) is 6.68. The second-order valence-corrected chi connectivity index (χ2v) is 4.37. The van der Waals surface area contributed by atoms with Crippen LogP contribution in [0, 0.1) is 0 Å². The fourth-order valence-corrected chi connectivity index (χ4v) is 3.03. The molecule has 0 saturated heterocycles. The molecule has 3 rings (SSSR count). The smallest absolute Gasteiger partial charge is 0.161 e. The molecule has 0 radical (unpaired) electrons. The van der Waals surface area contributed by atoms with Crippen LogP contribution in [0.3, 0.4) is 0 Å². The largest absolute Gasteiger partial charge is 0.504 e. The van der Waals surface area contributed by atoms with Crippen molar-refractivity contribution in [3.8, 4) is 11.5 Å². The Bertz CT molecular complexity index is 403. The maximum atomic E-state index is 9.74. The second-order valence-electron chi connectivity index (χ2n) is 4.37. The number of phenols is 2. The minimum absolute atomic E-state index is 0.00938. The summed E-state index contributed by atoms with van der Waals surface area (Å²) in [5.41, 5.74) is 8.06. The number of phenolic OH excluding ortho intramolecular Hbond substituents is 2. The molecular weight excluding hydrogens is 178 g/mol. The van der Waals surface area contributed by atoms with Gasteiger partial charge < -0.3 is 15.9 Å². The van der Waals surface area contributed by atoms with Crippen LogP contribution in [-0.2, 0) is 0 Å². The van der Waals surface area contributed by atoms with Crippen LogP contribution in [0.15, 0.2) is 12.1 Å². The summed E-state index contributed by atoms with van der Waals surface area (Å²) in [7, 11) is 0. The van der Waals surface area contributed by atoms with Gasteiger partial charge in [-0.25, -0.2) is 0 Å². The summed E-state index contributed by atoms with van der Waals surface area (Å²) in [5, 5.41) is 19.1. The average Bonchev–Trinajstić information content (AvgIpc) is 2.67. The van der Waals surface area contributed by atoms with E-state index in [1.165, 1.54) is 0 Å². The number of benzene rings is 1. The van der Waals surface area contributed by atoms with Crippen molar-refractivity contribution in [3.05, 3.63) is 23.3 Å². The van der Waals surface area contributed by atoms with Crippen LogP contribution in [0.1, 0.15) is 35.8 Å². The van der Waals surface area contributed by atoms with Gasteiger partial charge in [0, 0.05) is 17.5 Å². The molecule has 3 atom stereocenters. The molecule has 2 aliphatic rings. The third kappa shape index (κ3) is 0.805. The minimum atomic E-state index is -0.00938. The highest BCUT2D eigenvalue weighted by Crippen LogP contribution is 2.56. The molecule has 74 valence electrons. The van der Waals surface area contributed by atoms with E-state index in [2.05, 4.69) is 0 Å². The van der Waals surface area contributed by atoms with Gasteiger partial charge in [0.15, 0.2) is 11.5 Å². The first-order valence-electron chi connectivity index (χ1n) is 4.98. The third-order valence-electron chi connectivity index (χ3n) is 3.65. The molecule has 1 aromatic rings. The summed E-state index contributed by atoms with van der Waals surface area (Å²) >= 11 is 0. The molecule has 1 fully saturated rings. The van der Waals surface area contributed by atoms with Gasteiger partial charge in [-0.3, -0.25) is 0 Å². The van der Waals surface area contributed by atoms with E-state index in [1.54, 1.807) is 6.07 Å². The van der Waals surface area contributed by atoms with Crippen LogP contribution >= 0.6 is 0 Å². The van der Waals surface area contributed by atoms with Crippen molar-refractivity contribution in [3.63, 3.8) is 0 Å². The van der Waals surface area contributed by atoms with Crippen molar-refractivity contribution in [1.29, 1.82) is 0 Å². The molecule has 0 aliphatic heterocycles. The molecule has 0 heterocycles. The lowest BCUT2D eigenvalue weighted by atomic mass is 9.88. The minimum Gasteiger partial charge on any atom is -0.504 e. The topological polar surface area (TPSA) is 66.5 Å². The highest BCUT2D eigenvalue weighted by molar-refractivity contribution is 5.56. The first kappa shape index (κ1) is 8.12. The molecule has 4 N–H and O–H groups in total. The third-order valence-corrected chi connectivity index (χ3v) is 3.65. The zero-order valence-corrected chi connectivity index (χ0v) is 7.77. The maximum Gasteiger partial charge on any atom is 0.161 e. The lowest BCUT2D eigenvalue weighted by Gasteiger charge is -2.21.